The van der Waals surface area contributed by atoms with Crippen LogP contribution in [0, 0.1) is 6.92 Å². The Balaban J connectivity index is 0.000000956. The van der Waals surface area contributed by atoms with Crippen molar-refractivity contribution in [2.75, 3.05) is 11.6 Å². The molecule has 2 rings (SSSR count). The summed E-state index contributed by atoms with van der Waals surface area (Å²) in [5.74, 6) is 0. The zero-order valence-corrected chi connectivity index (χ0v) is 12.1. The van der Waals surface area contributed by atoms with E-state index >= 15 is 0 Å². The molecule has 1 N–H and O–H groups in total. The highest BCUT2D eigenvalue weighted by molar-refractivity contribution is 7.90. The van der Waals surface area contributed by atoms with Crippen molar-refractivity contribution >= 4 is 28.0 Å². The lowest BCUT2D eigenvalue weighted by molar-refractivity contribution is -0.0979. The number of nitrogens with zero attached hydrogens (tertiary/aromatic N) is 1. The number of rotatable bonds is 3. The van der Waals surface area contributed by atoms with Crippen molar-refractivity contribution in [2.24, 2.45) is 0 Å². The number of sulfone groups is 1. The molecule has 0 aliphatic heterocycles. The normalized spacial score (nSPS) is 10.3. The van der Waals surface area contributed by atoms with Crippen LogP contribution in [0.5, 0.6) is 0 Å². The Labute approximate surface area is 118 Å². The Hall–Kier alpha value is -2.21. The van der Waals surface area contributed by atoms with Gasteiger partial charge in [-0.05, 0) is 30.7 Å². The number of hydrogen-bond donors (Lipinski definition) is 1. The van der Waals surface area contributed by atoms with Crippen molar-refractivity contribution in [3.63, 3.8) is 0 Å². The fraction of sp³-hybridized carbons (Fsp3) is 0.143. The van der Waals surface area contributed by atoms with Gasteiger partial charge in [-0.15, -0.1) is 0 Å². The van der Waals surface area contributed by atoms with Crippen LogP contribution in [0.4, 0.5) is 11.4 Å². The molecule has 6 heteroatoms. The number of anilines is 2. The molecular weight excluding hydrogens is 276 g/mol. The molecule has 0 aliphatic carbocycles. The maximum Gasteiger partial charge on any atom is 0.179 e. The first-order chi connectivity index (χ1) is 9.47. The fourth-order valence-corrected chi connectivity index (χ4v) is 2.43. The maximum absolute atomic E-state index is 11.6. The van der Waals surface area contributed by atoms with E-state index < -0.39 is 9.84 Å². The molecule has 106 valence electrons. The predicted octanol–water partition coefficient (Wildman–Crippen LogP) is 2.35. The van der Waals surface area contributed by atoms with Gasteiger partial charge < -0.3 is 10.1 Å². The number of nitrogens with one attached hydrogen (secondary N) is 1. The van der Waals surface area contributed by atoms with Gasteiger partial charge in [-0.25, -0.2) is 8.42 Å². The van der Waals surface area contributed by atoms with Gasteiger partial charge in [0, 0.05) is 24.3 Å². The SMILES string of the molecule is C=O.Cc1cccc(Nc2ccncc2S(C)(=O)=O)c1. The van der Waals surface area contributed by atoms with Gasteiger partial charge in [0.2, 0.25) is 0 Å². The number of carbonyl (C=O) groups excluding carboxylic acids is 1. The summed E-state index contributed by atoms with van der Waals surface area (Å²) in [6, 6.07) is 9.39. The molecule has 1 aromatic heterocycles. The van der Waals surface area contributed by atoms with E-state index in [4.69, 9.17) is 4.79 Å². The minimum absolute atomic E-state index is 0.200. The van der Waals surface area contributed by atoms with E-state index in [0.717, 1.165) is 11.3 Å². The molecule has 1 heterocycles. The van der Waals surface area contributed by atoms with Gasteiger partial charge in [0.15, 0.2) is 9.84 Å². The molecular formula is C14H16N2O3S. The molecule has 5 nitrogen and oxygen atoms in total. The van der Waals surface area contributed by atoms with Crippen LogP contribution in [0.3, 0.4) is 0 Å². The van der Waals surface area contributed by atoms with Crippen LogP contribution in [0.15, 0.2) is 47.6 Å². The average molecular weight is 292 g/mol. The van der Waals surface area contributed by atoms with E-state index in [1.165, 1.54) is 12.5 Å². The first kappa shape index (κ1) is 15.8. The topological polar surface area (TPSA) is 76.1 Å². The van der Waals surface area contributed by atoms with Gasteiger partial charge in [-0.1, -0.05) is 12.1 Å². The summed E-state index contributed by atoms with van der Waals surface area (Å²) in [6.07, 6.45) is 4.09. The summed E-state index contributed by atoms with van der Waals surface area (Å²) in [5.41, 5.74) is 2.50. The van der Waals surface area contributed by atoms with Crippen molar-refractivity contribution in [1.29, 1.82) is 0 Å². The minimum atomic E-state index is -3.29. The molecule has 0 bridgehead atoms. The van der Waals surface area contributed by atoms with Crippen LogP contribution < -0.4 is 5.32 Å². The van der Waals surface area contributed by atoms with Gasteiger partial charge in [0.25, 0.3) is 0 Å². The molecule has 0 radical (unpaired) electrons. The monoisotopic (exact) mass is 292 g/mol. The van der Waals surface area contributed by atoms with Gasteiger partial charge >= 0.3 is 0 Å². The van der Waals surface area contributed by atoms with E-state index in [0.29, 0.717) is 5.69 Å². The van der Waals surface area contributed by atoms with Crippen LogP contribution in [0.2, 0.25) is 0 Å². The summed E-state index contributed by atoms with van der Waals surface area (Å²) in [5, 5.41) is 3.10. The zero-order chi connectivity index (χ0) is 15.2. The minimum Gasteiger partial charge on any atom is -0.354 e. The maximum atomic E-state index is 11.6. The molecule has 0 unspecified atom stereocenters. The summed E-state index contributed by atoms with van der Waals surface area (Å²) >= 11 is 0. The Kier molecular flexibility index (Phi) is 5.40. The molecule has 20 heavy (non-hydrogen) atoms. The third-order valence-electron chi connectivity index (χ3n) is 2.48. The lowest BCUT2D eigenvalue weighted by Gasteiger charge is -2.10. The van der Waals surface area contributed by atoms with Crippen molar-refractivity contribution in [2.45, 2.75) is 11.8 Å². The van der Waals surface area contributed by atoms with Crippen molar-refractivity contribution < 1.29 is 13.2 Å². The molecule has 0 amide bonds. The van der Waals surface area contributed by atoms with Crippen LogP contribution in [0.25, 0.3) is 0 Å². The number of benzene rings is 1. The Morgan fingerprint density at radius 3 is 2.50 bits per heavy atom. The van der Waals surface area contributed by atoms with Crippen molar-refractivity contribution in [3.05, 3.63) is 48.3 Å². The van der Waals surface area contributed by atoms with E-state index in [-0.39, 0.29) is 4.90 Å². The Morgan fingerprint density at radius 1 is 1.20 bits per heavy atom. The Bertz CT molecular complexity index is 684. The highest BCUT2D eigenvalue weighted by Gasteiger charge is 2.13. The molecule has 0 aliphatic rings. The molecule has 0 spiro atoms. The van der Waals surface area contributed by atoms with E-state index in [2.05, 4.69) is 10.3 Å². The Morgan fingerprint density at radius 2 is 1.90 bits per heavy atom. The van der Waals surface area contributed by atoms with Gasteiger partial charge in [-0.3, -0.25) is 4.98 Å². The van der Waals surface area contributed by atoms with E-state index in [1.54, 1.807) is 12.3 Å². The lowest BCUT2D eigenvalue weighted by atomic mass is 10.2. The standard InChI is InChI=1S/C13H14N2O2S.CH2O/c1-10-4-3-5-11(8-10)15-12-6-7-14-9-13(12)18(2,16)17;1-2/h3-9H,1-2H3,(H,14,15);1H2. The highest BCUT2D eigenvalue weighted by Crippen LogP contribution is 2.24. The van der Waals surface area contributed by atoms with Crippen LogP contribution in [-0.4, -0.2) is 26.4 Å². The van der Waals surface area contributed by atoms with Crippen LogP contribution in [0.1, 0.15) is 5.56 Å². The smallest absolute Gasteiger partial charge is 0.179 e. The number of carbonyl (C=O) groups is 1. The first-order valence-corrected chi connectivity index (χ1v) is 7.62. The second kappa shape index (κ2) is 6.81. The molecule has 0 fully saturated rings. The molecule has 0 atom stereocenters. The second-order valence-corrected chi connectivity index (χ2v) is 6.12. The van der Waals surface area contributed by atoms with Gasteiger partial charge in [0.1, 0.15) is 11.7 Å². The molecule has 0 saturated heterocycles. The predicted molar refractivity (Wildman–Crippen MR) is 78.9 cm³/mol. The summed E-state index contributed by atoms with van der Waals surface area (Å²) in [7, 11) is -3.29. The highest BCUT2D eigenvalue weighted by atomic mass is 32.2. The zero-order valence-electron chi connectivity index (χ0n) is 11.3. The lowest BCUT2D eigenvalue weighted by Crippen LogP contribution is -2.03. The van der Waals surface area contributed by atoms with Crippen LogP contribution in [-0.2, 0) is 14.6 Å². The summed E-state index contributed by atoms with van der Waals surface area (Å²) < 4.78 is 23.3. The number of pyridine rings is 1. The van der Waals surface area contributed by atoms with Crippen molar-refractivity contribution in [1.82, 2.24) is 4.98 Å². The third kappa shape index (κ3) is 4.17. The average Bonchev–Trinajstić information content (AvgIpc) is 2.40. The summed E-state index contributed by atoms with van der Waals surface area (Å²) in [4.78, 5) is 12.1. The fourth-order valence-electron chi connectivity index (χ4n) is 1.66. The quantitative estimate of drug-likeness (QED) is 0.939. The molecule has 2 aromatic rings. The second-order valence-electron chi connectivity index (χ2n) is 4.14. The van der Waals surface area contributed by atoms with Crippen LogP contribution >= 0.6 is 0 Å². The largest absolute Gasteiger partial charge is 0.354 e. The first-order valence-electron chi connectivity index (χ1n) is 5.73. The van der Waals surface area contributed by atoms with Gasteiger partial charge in [0.05, 0.1) is 5.69 Å². The third-order valence-corrected chi connectivity index (χ3v) is 3.61. The van der Waals surface area contributed by atoms with E-state index in [1.807, 2.05) is 38.0 Å². The molecule has 0 saturated carbocycles. The number of aromatic nitrogens is 1. The number of hydrogen-bond acceptors (Lipinski definition) is 5. The van der Waals surface area contributed by atoms with Gasteiger partial charge in [-0.2, -0.15) is 0 Å². The summed E-state index contributed by atoms with van der Waals surface area (Å²) in [6.45, 7) is 3.98. The molecule has 1 aromatic carbocycles. The number of aryl methyl sites for hydroxylation is 1. The van der Waals surface area contributed by atoms with E-state index in [9.17, 15) is 8.42 Å². The van der Waals surface area contributed by atoms with Crippen molar-refractivity contribution in [3.8, 4) is 0 Å².